The number of fused-ring (bicyclic) bond motifs is 1. The van der Waals surface area contributed by atoms with Crippen LogP contribution >= 0.6 is 0 Å². The molecule has 1 fully saturated rings. The largest absolute Gasteiger partial charge is 0.461 e. The van der Waals surface area contributed by atoms with Gasteiger partial charge in [0, 0.05) is 18.1 Å². The van der Waals surface area contributed by atoms with Crippen LogP contribution in [0.2, 0.25) is 0 Å². The predicted molar refractivity (Wildman–Crippen MR) is 92.7 cm³/mol. The number of nitrogens with zero attached hydrogens (tertiary/aromatic N) is 2. The van der Waals surface area contributed by atoms with Crippen molar-refractivity contribution in [2.75, 3.05) is 6.61 Å². The molecule has 1 aromatic rings. The Bertz CT molecular complexity index is 797. The fourth-order valence-electron chi connectivity index (χ4n) is 3.86. The van der Waals surface area contributed by atoms with Crippen molar-refractivity contribution in [2.45, 2.75) is 27.2 Å². The van der Waals surface area contributed by atoms with E-state index >= 15 is 0 Å². The molecule has 1 saturated carbocycles. The molecule has 3 rings (SSSR count). The van der Waals surface area contributed by atoms with Crippen LogP contribution in [0.25, 0.3) is 0 Å². The Morgan fingerprint density at radius 2 is 1.77 bits per heavy atom. The summed E-state index contributed by atoms with van der Waals surface area (Å²) in [6.45, 7) is 6.63. The first-order chi connectivity index (χ1) is 12.1. The maximum absolute atomic E-state index is 12.3. The molecule has 0 spiro atoms. The molecule has 138 valence electrons. The third-order valence-corrected chi connectivity index (χ3v) is 5.74. The summed E-state index contributed by atoms with van der Waals surface area (Å²) in [5.74, 6) is 0.472. The van der Waals surface area contributed by atoms with Crippen LogP contribution < -0.4 is 0 Å². The Morgan fingerprint density at radius 1 is 1.19 bits per heavy atom. The summed E-state index contributed by atoms with van der Waals surface area (Å²) >= 11 is 0. The van der Waals surface area contributed by atoms with Gasteiger partial charge in [0.15, 0.2) is 0 Å². The molecule has 0 amide bonds. The van der Waals surface area contributed by atoms with Crippen molar-refractivity contribution in [3.63, 3.8) is 0 Å². The van der Waals surface area contributed by atoms with Gasteiger partial charge in [-0.2, -0.15) is 0 Å². The second kappa shape index (κ2) is 6.19. The van der Waals surface area contributed by atoms with Gasteiger partial charge in [-0.3, -0.25) is 20.2 Å². The van der Waals surface area contributed by atoms with Crippen molar-refractivity contribution in [1.82, 2.24) is 0 Å². The van der Waals surface area contributed by atoms with E-state index < -0.39 is 27.2 Å². The number of carbonyl (C=O) groups excluding carboxylic acids is 1. The number of benzene rings is 1. The van der Waals surface area contributed by atoms with Crippen molar-refractivity contribution in [2.24, 2.45) is 23.2 Å². The molecule has 2 aliphatic rings. The van der Waals surface area contributed by atoms with Gasteiger partial charge in [-0.05, 0) is 30.6 Å². The summed E-state index contributed by atoms with van der Waals surface area (Å²) in [5, 5.41) is 21.8. The third kappa shape index (κ3) is 3.18. The maximum atomic E-state index is 12.3. The van der Waals surface area contributed by atoms with Crippen LogP contribution in [0, 0.1) is 43.4 Å². The summed E-state index contributed by atoms with van der Waals surface area (Å²) in [5.41, 5.74) is 0.244. The summed E-state index contributed by atoms with van der Waals surface area (Å²) in [6.07, 6.45) is 3.17. The Kier molecular flexibility index (Phi) is 4.29. The average Bonchev–Trinajstić information content (AvgIpc) is 3.11. The third-order valence-electron chi connectivity index (χ3n) is 5.74. The first kappa shape index (κ1) is 18.0. The van der Waals surface area contributed by atoms with E-state index in [1.165, 1.54) is 5.57 Å². The number of nitro groups is 2. The molecular formula is C18H20N2O6. The molecular weight excluding hydrogens is 340 g/mol. The normalized spacial score (nSPS) is 25.7. The Hall–Kier alpha value is -2.77. The van der Waals surface area contributed by atoms with Gasteiger partial charge >= 0.3 is 5.97 Å². The van der Waals surface area contributed by atoms with Crippen LogP contribution in [-0.4, -0.2) is 22.4 Å². The van der Waals surface area contributed by atoms with Gasteiger partial charge in [-0.25, -0.2) is 4.79 Å². The highest BCUT2D eigenvalue weighted by atomic mass is 16.6. The highest BCUT2D eigenvalue weighted by molar-refractivity contribution is 5.91. The second-order valence-electron chi connectivity index (χ2n) is 7.65. The lowest BCUT2D eigenvalue weighted by molar-refractivity contribution is -0.394. The molecule has 2 aliphatic carbocycles. The molecule has 1 aromatic carbocycles. The van der Waals surface area contributed by atoms with Gasteiger partial charge in [0.05, 0.1) is 28.1 Å². The van der Waals surface area contributed by atoms with E-state index in [1.807, 2.05) is 6.92 Å². The van der Waals surface area contributed by atoms with E-state index in [4.69, 9.17) is 4.74 Å². The Morgan fingerprint density at radius 3 is 2.31 bits per heavy atom. The Labute approximate surface area is 150 Å². The van der Waals surface area contributed by atoms with E-state index in [-0.39, 0.29) is 23.5 Å². The zero-order valence-electron chi connectivity index (χ0n) is 14.8. The van der Waals surface area contributed by atoms with Crippen LogP contribution in [0.5, 0.6) is 0 Å². The summed E-state index contributed by atoms with van der Waals surface area (Å²) in [6, 6.07) is 2.82. The zero-order valence-corrected chi connectivity index (χ0v) is 14.8. The number of nitro benzene ring substituents is 2. The lowest BCUT2D eigenvalue weighted by atomic mass is 9.89. The molecule has 0 unspecified atom stereocenters. The zero-order chi connectivity index (χ0) is 19.2. The minimum atomic E-state index is -0.790. The van der Waals surface area contributed by atoms with Crippen molar-refractivity contribution < 1.29 is 19.4 Å². The Balaban J connectivity index is 1.71. The molecule has 0 saturated heterocycles. The minimum absolute atomic E-state index is 0.107. The van der Waals surface area contributed by atoms with E-state index in [1.54, 1.807) is 0 Å². The van der Waals surface area contributed by atoms with Crippen LogP contribution in [0.4, 0.5) is 11.4 Å². The highest BCUT2D eigenvalue weighted by Gasteiger charge is 2.58. The van der Waals surface area contributed by atoms with Crippen molar-refractivity contribution in [1.29, 1.82) is 0 Å². The van der Waals surface area contributed by atoms with Crippen LogP contribution in [0.3, 0.4) is 0 Å². The lowest BCUT2D eigenvalue weighted by Crippen LogP contribution is -2.18. The van der Waals surface area contributed by atoms with E-state index in [0.29, 0.717) is 11.8 Å². The molecule has 0 bridgehead atoms. The van der Waals surface area contributed by atoms with E-state index in [2.05, 4.69) is 19.9 Å². The van der Waals surface area contributed by atoms with Gasteiger partial charge in [-0.1, -0.05) is 25.5 Å². The first-order valence-corrected chi connectivity index (χ1v) is 8.40. The van der Waals surface area contributed by atoms with Gasteiger partial charge in [0.25, 0.3) is 11.4 Å². The molecule has 0 aromatic heterocycles. The quantitative estimate of drug-likeness (QED) is 0.341. The van der Waals surface area contributed by atoms with Crippen LogP contribution in [0.15, 0.2) is 29.8 Å². The van der Waals surface area contributed by atoms with Gasteiger partial charge < -0.3 is 4.74 Å². The molecule has 8 nitrogen and oxygen atoms in total. The SMILES string of the molecule is CC1=C[C@@H]2[C@H](C[C@H]1COC(=O)c1cc([N+](=O)[O-])cc([N+](=O)[O-])c1)C2(C)C. The molecule has 3 atom stereocenters. The molecule has 0 aliphatic heterocycles. The van der Waals surface area contributed by atoms with Crippen LogP contribution in [0.1, 0.15) is 37.6 Å². The molecule has 26 heavy (non-hydrogen) atoms. The number of carbonyl (C=O) groups is 1. The predicted octanol–water partition coefficient (Wildman–Crippen LogP) is 3.90. The number of non-ortho nitro benzene ring substituents is 2. The fourth-order valence-corrected chi connectivity index (χ4v) is 3.86. The number of rotatable bonds is 5. The van der Waals surface area contributed by atoms with E-state index in [0.717, 1.165) is 24.6 Å². The monoisotopic (exact) mass is 360 g/mol. The van der Waals surface area contributed by atoms with E-state index in [9.17, 15) is 25.0 Å². The topological polar surface area (TPSA) is 113 Å². The number of ether oxygens (including phenoxy) is 1. The standard InChI is InChI=1S/C18H20N2O6/c1-10-4-15-16(18(15,2)3)7-12(10)9-26-17(21)11-5-13(19(22)23)8-14(6-11)20(24)25/h4-6,8,12,15-16H,7,9H2,1-3H3/t12-,15+,16-/m0/s1. The summed E-state index contributed by atoms with van der Waals surface area (Å²) in [7, 11) is 0. The smallest absolute Gasteiger partial charge is 0.338 e. The summed E-state index contributed by atoms with van der Waals surface area (Å²) < 4.78 is 5.32. The fraction of sp³-hybridized carbons (Fsp3) is 0.500. The highest BCUT2D eigenvalue weighted by Crippen LogP contribution is 2.64. The molecule has 8 heteroatoms. The summed E-state index contributed by atoms with van der Waals surface area (Å²) in [4.78, 5) is 32.6. The van der Waals surface area contributed by atoms with Crippen molar-refractivity contribution in [3.05, 3.63) is 55.6 Å². The van der Waals surface area contributed by atoms with Crippen molar-refractivity contribution >= 4 is 17.3 Å². The van der Waals surface area contributed by atoms with Crippen LogP contribution in [-0.2, 0) is 4.74 Å². The van der Waals surface area contributed by atoms with Gasteiger partial charge in [-0.15, -0.1) is 0 Å². The number of hydrogen-bond acceptors (Lipinski definition) is 6. The molecule has 0 heterocycles. The van der Waals surface area contributed by atoms with Crippen molar-refractivity contribution in [3.8, 4) is 0 Å². The van der Waals surface area contributed by atoms with Gasteiger partial charge in [0.1, 0.15) is 0 Å². The first-order valence-electron chi connectivity index (χ1n) is 8.40. The molecule has 0 N–H and O–H groups in total. The average molecular weight is 360 g/mol. The maximum Gasteiger partial charge on any atom is 0.338 e. The lowest BCUT2D eigenvalue weighted by Gasteiger charge is -2.21. The van der Waals surface area contributed by atoms with Gasteiger partial charge in [0.2, 0.25) is 0 Å². The number of allylic oxidation sites excluding steroid dienone is 1. The number of esters is 1. The number of hydrogen-bond donors (Lipinski definition) is 0. The molecule has 0 radical (unpaired) electrons. The second-order valence-corrected chi connectivity index (χ2v) is 7.65. The minimum Gasteiger partial charge on any atom is -0.461 e.